The smallest absolute Gasteiger partial charge is 0.329 e. The summed E-state index contributed by atoms with van der Waals surface area (Å²) in [6.45, 7) is 3.51. The van der Waals surface area contributed by atoms with Gasteiger partial charge in [-0.1, -0.05) is 6.07 Å². The minimum Gasteiger partial charge on any atom is -0.493 e. The predicted octanol–water partition coefficient (Wildman–Crippen LogP) is 1.26. The molecule has 0 saturated carbocycles. The van der Waals surface area contributed by atoms with Crippen molar-refractivity contribution in [1.82, 2.24) is 5.43 Å². The van der Waals surface area contributed by atoms with Crippen molar-refractivity contribution in [3.63, 3.8) is 0 Å². The van der Waals surface area contributed by atoms with Crippen molar-refractivity contribution >= 4 is 29.6 Å². The zero-order valence-electron chi connectivity index (χ0n) is 16.3. The molecule has 29 heavy (non-hydrogen) atoms. The number of benzene rings is 2. The third kappa shape index (κ3) is 6.65. The van der Waals surface area contributed by atoms with E-state index >= 15 is 0 Å². The Morgan fingerprint density at radius 2 is 1.72 bits per heavy atom. The normalized spacial score (nSPS) is 10.4. The Kier molecular flexibility index (Phi) is 7.30. The van der Waals surface area contributed by atoms with Crippen LogP contribution in [0, 0.1) is 13.8 Å². The van der Waals surface area contributed by atoms with E-state index in [1.807, 2.05) is 19.9 Å². The molecule has 4 N–H and O–H groups in total. The molecule has 0 aliphatic rings. The van der Waals surface area contributed by atoms with Crippen LogP contribution in [0.3, 0.4) is 0 Å². The summed E-state index contributed by atoms with van der Waals surface area (Å²) in [4.78, 5) is 34.7. The van der Waals surface area contributed by atoms with Gasteiger partial charge in [0.25, 0.3) is 5.91 Å². The average molecular weight is 398 g/mol. The lowest BCUT2D eigenvalue weighted by molar-refractivity contribution is -0.136. The molecule has 152 valence electrons. The van der Waals surface area contributed by atoms with Crippen LogP contribution >= 0.6 is 0 Å². The summed E-state index contributed by atoms with van der Waals surface area (Å²) in [6.07, 6.45) is 1.34. The van der Waals surface area contributed by atoms with E-state index < -0.39 is 17.7 Å². The summed E-state index contributed by atoms with van der Waals surface area (Å²) in [7, 11) is 1.44. The Hall–Kier alpha value is -3.88. The minimum atomic E-state index is -0.909. The molecule has 0 aliphatic heterocycles. The van der Waals surface area contributed by atoms with Gasteiger partial charge >= 0.3 is 11.8 Å². The number of aryl methyl sites for hydroxylation is 2. The SMILES string of the molecule is COc1cc(/C=N/NC(=O)C(=O)Nc2cc(C)cc(C)c2)ccc1OCC(N)=O. The molecule has 0 spiro atoms. The Morgan fingerprint density at radius 3 is 2.34 bits per heavy atom. The summed E-state index contributed by atoms with van der Waals surface area (Å²) in [5.41, 5.74) is 10.2. The van der Waals surface area contributed by atoms with Crippen molar-refractivity contribution in [3.05, 3.63) is 53.1 Å². The quantitative estimate of drug-likeness (QED) is 0.367. The first kappa shape index (κ1) is 21.4. The van der Waals surface area contributed by atoms with Crippen molar-refractivity contribution < 1.29 is 23.9 Å². The summed E-state index contributed by atoms with van der Waals surface area (Å²) in [5, 5.41) is 6.28. The van der Waals surface area contributed by atoms with E-state index in [1.165, 1.54) is 13.3 Å². The lowest BCUT2D eigenvalue weighted by Crippen LogP contribution is -2.32. The fourth-order valence-electron chi connectivity index (χ4n) is 2.48. The monoisotopic (exact) mass is 398 g/mol. The van der Waals surface area contributed by atoms with Gasteiger partial charge in [-0.3, -0.25) is 14.4 Å². The Labute approximate surface area is 167 Å². The number of hydrazone groups is 1. The predicted molar refractivity (Wildman–Crippen MR) is 108 cm³/mol. The molecule has 9 heteroatoms. The summed E-state index contributed by atoms with van der Waals surface area (Å²) in [5.74, 6) is -1.66. The van der Waals surface area contributed by atoms with Crippen LogP contribution in [0.4, 0.5) is 5.69 Å². The second kappa shape index (κ2) is 9.88. The van der Waals surface area contributed by atoms with E-state index in [2.05, 4.69) is 15.8 Å². The first-order chi connectivity index (χ1) is 13.8. The van der Waals surface area contributed by atoms with Crippen molar-refractivity contribution in [2.75, 3.05) is 19.0 Å². The molecule has 0 heterocycles. The second-order valence-electron chi connectivity index (χ2n) is 6.19. The van der Waals surface area contributed by atoms with Crippen LogP contribution < -0.4 is 25.9 Å². The molecule has 0 bridgehead atoms. The number of ether oxygens (including phenoxy) is 2. The van der Waals surface area contributed by atoms with Gasteiger partial charge in [0.1, 0.15) is 0 Å². The van der Waals surface area contributed by atoms with Gasteiger partial charge < -0.3 is 20.5 Å². The van der Waals surface area contributed by atoms with Gasteiger partial charge in [0.05, 0.1) is 13.3 Å². The number of nitrogens with one attached hydrogen (secondary N) is 2. The molecular formula is C20H22N4O5. The van der Waals surface area contributed by atoms with E-state index in [1.54, 1.807) is 30.3 Å². The number of nitrogens with two attached hydrogens (primary N) is 1. The Morgan fingerprint density at radius 1 is 1.03 bits per heavy atom. The standard InChI is InChI=1S/C20H22N4O5/c1-12-6-13(2)8-15(7-12)23-19(26)20(27)24-22-10-14-4-5-16(17(9-14)28-3)29-11-18(21)25/h4-10H,11H2,1-3H3,(H2,21,25)(H,23,26)(H,24,27)/b22-10+. The molecule has 0 aliphatic carbocycles. The van der Waals surface area contributed by atoms with E-state index in [-0.39, 0.29) is 6.61 Å². The number of methoxy groups -OCH3 is 1. The van der Waals surface area contributed by atoms with Crippen LogP contribution in [0.15, 0.2) is 41.5 Å². The van der Waals surface area contributed by atoms with Gasteiger partial charge in [0.2, 0.25) is 0 Å². The highest BCUT2D eigenvalue weighted by molar-refractivity contribution is 6.39. The van der Waals surface area contributed by atoms with Crippen LogP contribution in [0.2, 0.25) is 0 Å². The van der Waals surface area contributed by atoms with E-state index in [0.717, 1.165) is 11.1 Å². The van der Waals surface area contributed by atoms with Crippen molar-refractivity contribution in [2.24, 2.45) is 10.8 Å². The maximum atomic E-state index is 12.0. The molecular weight excluding hydrogens is 376 g/mol. The van der Waals surface area contributed by atoms with Crippen LogP contribution in [-0.4, -0.2) is 37.7 Å². The molecule has 2 aromatic carbocycles. The number of carbonyl (C=O) groups is 3. The fraction of sp³-hybridized carbons (Fsp3) is 0.200. The second-order valence-corrected chi connectivity index (χ2v) is 6.19. The van der Waals surface area contributed by atoms with E-state index in [0.29, 0.717) is 22.7 Å². The maximum absolute atomic E-state index is 12.0. The minimum absolute atomic E-state index is 0.282. The summed E-state index contributed by atoms with van der Waals surface area (Å²) in [6, 6.07) is 10.3. The molecule has 2 aromatic rings. The van der Waals surface area contributed by atoms with E-state index in [4.69, 9.17) is 15.2 Å². The maximum Gasteiger partial charge on any atom is 0.329 e. The number of carbonyl (C=O) groups excluding carboxylic acids is 3. The highest BCUT2D eigenvalue weighted by Gasteiger charge is 2.13. The summed E-state index contributed by atoms with van der Waals surface area (Å²) < 4.78 is 10.4. The van der Waals surface area contributed by atoms with Crippen LogP contribution in [0.1, 0.15) is 16.7 Å². The van der Waals surface area contributed by atoms with Gasteiger partial charge in [-0.25, -0.2) is 5.43 Å². The van der Waals surface area contributed by atoms with Crippen LogP contribution in [-0.2, 0) is 14.4 Å². The highest BCUT2D eigenvalue weighted by atomic mass is 16.5. The largest absolute Gasteiger partial charge is 0.493 e. The Balaban J connectivity index is 1.96. The first-order valence-corrected chi connectivity index (χ1v) is 8.60. The third-order valence-corrected chi connectivity index (χ3v) is 3.62. The molecule has 0 fully saturated rings. The van der Waals surface area contributed by atoms with Gasteiger partial charge in [0.15, 0.2) is 18.1 Å². The molecule has 2 rings (SSSR count). The van der Waals surface area contributed by atoms with Crippen molar-refractivity contribution in [2.45, 2.75) is 13.8 Å². The molecule has 0 radical (unpaired) electrons. The van der Waals surface area contributed by atoms with E-state index in [9.17, 15) is 14.4 Å². The van der Waals surface area contributed by atoms with Crippen LogP contribution in [0.5, 0.6) is 11.5 Å². The topological polar surface area (TPSA) is 132 Å². The van der Waals surface area contributed by atoms with Crippen molar-refractivity contribution in [1.29, 1.82) is 0 Å². The number of anilines is 1. The Bertz CT molecular complexity index is 936. The van der Waals surface area contributed by atoms with Gasteiger partial charge in [0, 0.05) is 5.69 Å². The number of nitrogens with zero attached hydrogens (tertiary/aromatic N) is 1. The molecule has 0 atom stereocenters. The van der Waals surface area contributed by atoms with Gasteiger partial charge in [-0.15, -0.1) is 0 Å². The number of hydrogen-bond donors (Lipinski definition) is 3. The van der Waals surface area contributed by atoms with Crippen LogP contribution in [0.25, 0.3) is 0 Å². The molecule has 0 unspecified atom stereocenters. The number of rotatable bonds is 7. The van der Waals surface area contributed by atoms with Gasteiger partial charge in [-0.2, -0.15) is 5.10 Å². The van der Waals surface area contributed by atoms with Crippen molar-refractivity contribution in [3.8, 4) is 11.5 Å². The van der Waals surface area contributed by atoms with Gasteiger partial charge in [-0.05, 0) is 60.9 Å². The number of hydrogen-bond acceptors (Lipinski definition) is 6. The first-order valence-electron chi connectivity index (χ1n) is 8.60. The molecule has 0 saturated heterocycles. The molecule has 9 nitrogen and oxygen atoms in total. The zero-order valence-corrected chi connectivity index (χ0v) is 16.3. The average Bonchev–Trinajstić information content (AvgIpc) is 2.65. The molecule has 3 amide bonds. The summed E-state index contributed by atoms with van der Waals surface area (Å²) >= 11 is 0. The third-order valence-electron chi connectivity index (χ3n) is 3.62. The fourth-order valence-corrected chi connectivity index (χ4v) is 2.48. The lowest BCUT2D eigenvalue weighted by Gasteiger charge is -2.09. The zero-order chi connectivity index (χ0) is 21.4. The number of primary amides is 1. The number of amides is 3. The molecule has 0 aromatic heterocycles. The highest BCUT2D eigenvalue weighted by Crippen LogP contribution is 2.27. The lowest BCUT2D eigenvalue weighted by atomic mass is 10.1.